The topological polar surface area (TPSA) is 83.2 Å². The Balaban J connectivity index is 1.48. The van der Waals surface area contributed by atoms with E-state index in [1.54, 1.807) is 24.3 Å². The van der Waals surface area contributed by atoms with E-state index in [9.17, 15) is 14.4 Å². The maximum atomic E-state index is 12.9. The van der Waals surface area contributed by atoms with Gasteiger partial charge in [-0.05, 0) is 38.0 Å². The lowest BCUT2D eigenvalue weighted by Gasteiger charge is -2.10. The first-order valence-corrected chi connectivity index (χ1v) is 10.7. The Hall–Kier alpha value is -4.00. The third kappa shape index (κ3) is 4.48. The molecule has 0 aliphatic heterocycles. The van der Waals surface area contributed by atoms with Gasteiger partial charge in [-0.15, -0.1) is 0 Å². The molecule has 7 heteroatoms. The van der Waals surface area contributed by atoms with Crippen LogP contribution in [0.5, 0.6) is 0 Å². The van der Waals surface area contributed by atoms with Crippen molar-refractivity contribution in [1.82, 2.24) is 14.3 Å². The molecule has 7 nitrogen and oxygen atoms in total. The van der Waals surface area contributed by atoms with Crippen LogP contribution in [0.4, 0.5) is 0 Å². The van der Waals surface area contributed by atoms with Gasteiger partial charge in [-0.1, -0.05) is 48.5 Å². The highest BCUT2D eigenvalue weighted by Gasteiger charge is 2.21. The minimum Gasteiger partial charge on any atom is -0.452 e. The van der Waals surface area contributed by atoms with Crippen LogP contribution >= 0.6 is 0 Å². The Kier molecular flexibility index (Phi) is 6.22. The summed E-state index contributed by atoms with van der Waals surface area (Å²) in [4.78, 5) is 37.8. The van der Waals surface area contributed by atoms with E-state index in [1.807, 2.05) is 38.1 Å². The first kappa shape index (κ1) is 22.2. The molecular weight excluding hydrogens is 418 g/mol. The van der Waals surface area contributed by atoms with Crippen molar-refractivity contribution in [2.45, 2.75) is 26.8 Å². The number of carbonyl (C=O) groups is 2. The van der Waals surface area contributed by atoms with E-state index >= 15 is 0 Å². The summed E-state index contributed by atoms with van der Waals surface area (Å²) < 4.78 is 8.50. The third-order valence-corrected chi connectivity index (χ3v) is 5.83. The Labute approximate surface area is 191 Å². The van der Waals surface area contributed by atoms with E-state index in [0.717, 1.165) is 29.0 Å². The second kappa shape index (κ2) is 9.24. The van der Waals surface area contributed by atoms with E-state index in [0.29, 0.717) is 16.3 Å². The van der Waals surface area contributed by atoms with Crippen molar-refractivity contribution in [3.8, 4) is 0 Å². The van der Waals surface area contributed by atoms with Crippen LogP contribution in [0.1, 0.15) is 37.8 Å². The zero-order valence-electron chi connectivity index (χ0n) is 18.9. The lowest BCUT2D eigenvalue weighted by molar-refractivity contribution is 0.0468. The predicted molar refractivity (Wildman–Crippen MR) is 126 cm³/mol. The number of ketones is 1. The van der Waals surface area contributed by atoms with Crippen molar-refractivity contribution < 1.29 is 14.3 Å². The zero-order chi connectivity index (χ0) is 23.5. The van der Waals surface area contributed by atoms with Crippen LogP contribution in [0.15, 0.2) is 65.5 Å². The highest BCUT2D eigenvalue weighted by Crippen LogP contribution is 2.18. The number of aromatic nitrogens is 3. The lowest BCUT2D eigenvalue weighted by atomic mass is 10.1. The largest absolute Gasteiger partial charge is 0.452 e. The molecule has 0 spiro atoms. The SMILES string of the molecule is Cc1cc(C(=O)COC(=O)c2nn(C)c(=O)c3ccccc23)c(C)n1CCc1ccccc1. The Bertz CT molecular complexity index is 1400. The molecule has 0 bridgehead atoms. The van der Waals surface area contributed by atoms with Gasteiger partial charge in [-0.25, -0.2) is 9.48 Å². The summed E-state index contributed by atoms with van der Waals surface area (Å²) in [7, 11) is 1.47. The number of hydrogen-bond donors (Lipinski definition) is 0. The van der Waals surface area contributed by atoms with E-state index in [2.05, 4.69) is 21.8 Å². The number of carbonyl (C=O) groups excluding carboxylic acids is 2. The quantitative estimate of drug-likeness (QED) is 0.322. The first-order valence-electron chi connectivity index (χ1n) is 10.7. The number of esters is 1. The van der Waals surface area contributed by atoms with Gasteiger partial charge in [0.15, 0.2) is 12.3 Å². The minimum atomic E-state index is -0.743. The van der Waals surface area contributed by atoms with Gasteiger partial charge in [0, 0.05) is 35.9 Å². The van der Waals surface area contributed by atoms with E-state index < -0.39 is 12.6 Å². The van der Waals surface area contributed by atoms with E-state index in [4.69, 9.17) is 4.74 Å². The maximum absolute atomic E-state index is 12.9. The average molecular weight is 444 g/mol. The van der Waals surface area contributed by atoms with Crippen molar-refractivity contribution in [3.63, 3.8) is 0 Å². The summed E-state index contributed by atoms with van der Waals surface area (Å²) in [5.41, 5.74) is 3.28. The zero-order valence-corrected chi connectivity index (χ0v) is 18.9. The molecule has 0 fully saturated rings. The summed E-state index contributed by atoms with van der Waals surface area (Å²) >= 11 is 0. The van der Waals surface area contributed by atoms with Crippen molar-refractivity contribution in [2.24, 2.45) is 7.05 Å². The standard InChI is InChI=1S/C26H25N3O4/c1-17-15-22(18(2)29(17)14-13-19-9-5-4-6-10-19)23(30)16-33-26(32)24-20-11-7-8-12-21(20)25(31)28(3)27-24/h4-12,15H,13-14,16H2,1-3H3. The predicted octanol–water partition coefficient (Wildman–Crippen LogP) is 3.63. The second-order valence-electron chi connectivity index (χ2n) is 7.99. The van der Waals surface area contributed by atoms with E-state index in [-0.39, 0.29) is 17.0 Å². The molecular formula is C26H25N3O4. The second-order valence-corrected chi connectivity index (χ2v) is 7.99. The normalized spacial score (nSPS) is 11.0. The van der Waals surface area contributed by atoms with Crippen molar-refractivity contribution in [1.29, 1.82) is 0 Å². The molecule has 2 aromatic heterocycles. The molecule has 2 heterocycles. The van der Waals surface area contributed by atoms with Gasteiger partial charge in [0.1, 0.15) is 0 Å². The van der Waals surface area contributed by atoms with Crippen LogP contribution in [0.25, 0.3) is 10.8 Å². The Morgan fingerprint density at radius 1 is 0.970 bits per heavy atom. The molecule has 2 aromatic carbocycles. The van der Waals surface area contributed by atoms with Gasteiger partial charge < -0.3 is 9.30 Å². The fourth-order valence-electron chi connectivity index (χ4n) is 4.04. The molecule has 168 valence electrons. The number of rotatable bonds is 7. The first-order chi connectivity index (χ1) is 15.9. The van der Waals surface area contributed by atoms with Gasteiger partial charge in [-0.3, -0.25) is 9.59 Å². The molecule has 0 amide bonds. The van der Waals surface area contributed by atoms with Gasteiger partial charge in [0.2, 0.25) is 5.78 Å². The monoisotopic (exact) mass is 443 g/mol. The summed E-state index contributed by atoms with van der Waals surface area (Å²) in [5, 5.41) is 4.83. The molecule has 33 heavy (non-hydrogen) atoms. The van der Waals surface area contributed by atoms with Crippen LogP contribution in [0, 0.1) is 13.8 Å². The third-order valence-electron chi connectivity index (χ3n) is 5.83. The number of aryl methyl sites for hydroxylation is 3. The fourth-order valence-corrected chi connectivity index (χ4v) is 4.04. The molecule has 0 saturated heterocycles. The van der Waals surface area contributed by atoms with Gasteiger partial charge in [-0.2, -0.15) is 5.10 Å². The number of nitrogens with zero attached hydrogens (tertiary/aromatic N) is 3. The fraction of sp³-hybridized carbons (Fsp3) is 0.231. The molecule has 0 atom stereocenters. The Morgan fingerprint density at radius 2 is 1.64 bits per heavy atom. The summed E-state index contributed by atoms with van der Waals surface area (Å²) in [6.45, 7) is 4.21. The average Bonchev–Trinajstić information content (AvgIpc) is 3.12. The maximum Gasteiger partial charge on any atom is 0.359 e. The van der Waals surface area contributed by atoms with Crippen molar-refractivity contribution >= 4 is 22.5 Å². The highest BCUT2D eigenvalue weighted by atomic mass is 16.5. The molecule has 0 aliphatic carbocycles. The van der Waals surface area contributed by atoms with Gasteiger partial charge in [0.05, 0.1) is 5.39 Å². The van der Waals surface area contributed by atoms with Gasteiger partial charge >= 0.3 is 5.97 Å². The van der Waals surface area contributed by atoms with Crippen LogP contribution < -0.4 is 5.56 Å². The molecule has 0 N–H and O–H groups in total. The highest BCUT2D eigenvalue weighted by molar-refractivity contribution is 6.04. The van der Waals surface area contributed by atoms with Crippen LogP contribution in [-0.2, 0) is 24.8 Å². The summed E-state index contributed by atoms with van der Waals surface area (Å²) in [6, 6.07) is 18.7. The summed E-state index contributed by atoms with van der Waals surface area (Å²) in [5.74, 6) is -1.02. The van der Waals surface area contributed by atoms with Crippen LogP contribution in [0.3, 0.4) is 0 Å². The van der Waals surface area contributed by atoms with Gasteiger partial charge in [0.25, 0.3) is 5.56 Å². The molecule has 0 radical (unpaired) electrons. The molecule has 0 saturated carbocycles. The number of ether oxygens (including phenoxy) is 1. The molecule has 4 rings (SSSR count). The van der Waals surface area contributed by atoms with E-state index in [1.165, 1.54) is 12.6 Å². The minimum absolute atomic E-state index is 0.00818. The van der Waals surface area contributed by atoms with Crippen LogP contribution in [-0.4, -0.2) is 32.7 Å². The smallest absolute Gasteiger partial charge is 0.359 e. The number of Topliss-reactive ketones (excluding diaryl/α,β-unsaturated/α-hetero) is 1. The summed E-state index contributed by atoms with van der Waals surface area (Å²) in [6.07, 6.45) is 0.852. The number of fused-ring (bicyclic) bond motifs is 1. The number of benzene rings is 2. The van der Waals surface area contributed by atoms with Crippen LogP contribution in [0.2, 0.25) is 0 Å². The molecule has 4 aromatic rings. The van der Waals surface area contributed by atoms with Crippen molar-refractivity contribution in [3.05, 3.63) is 99.2 Å². The lowest BCUT2D eigenvalue weighted by Crippen LogP contribution is -2.24. The molecule has 0 unspecified atom stereocenters. The Morgan fingerprint density at radius 3 is 2.36 bits per heavy atom. The van der Waals surface area contributed by atoms with Crippen molar-refractivity contribution in [2.75, 3.05) is 6.61 Å². The molecule has 0 aliphatic rings. The number of hydrogen-bond acceptors (Lipinski definition) is 5.